The molecule has 0 heterocycles. The topological polar surface area (TPSA) is 78.4 Å². The van der Waals surface area contributed by atoms with Gasteiger partial charge in [-0.05, 0) is 35.0 Å². The lowest BCUT2D eigenvalue weighted by atomic mass is 10.1. The van der Waals surface area contributed by atoms with Gasteiger partial charge in [0.05, 0.1) is 5.56 Å². The normalized spacial score (nSPS) is 10.3. The molecule has 0 aliphatic heterocycles. The van der Waals surface area contributed by atoms with Gasteiger partial charge in [-0.2, -0.15) is 0 Å². The maximum atomic E-state index is 12.1. The molecular formula is C18H14N2O3. The zero-order chi connectivity index (χ0) is 16.2. The molecule has 0 radical (unpaired) electrons. The molecule has 0 aliphatic rings. The van der Waals surface area contributed by atoms with Gasteiger partial charge in [0, 0.05) is 5.56 Å². The summed E-state index contributed by atoms with van der Waals surface area (Å²) in [7, 11) is 0. The lowest BCUT2D eigenvalue weighted by molar-refractivity contribution is 0.0845. The second kappa shape index (κ2) is 6.19. The fourth-order valence-corrected chi connectivity index (χ4v) is 2.25. The van der Waals surface area contributed by atoms with Gasteiger partial charge >= 0.3 is 0 Å². The highest BCUT2D eigenvalue weighted by Gasteiger charge is 2.12. The van der Waals surface area contributed by atoms with Gasteiger partial charge < -0.3 is 5.11 Å². The van der Waals surface area contributed by atoms with Crippen molar-refractivity contribution in [3.63, 3.8) is 0 Å². The summed E-state index contributed by atoms with van der Waals surface area (Å²) in [6.07, 6.45) is 0. The van der Waals surface area contributed by atoms with Crippen LogP contribution in [0.1, 0.15) is 20.7 Å². The van der Waals surface area contributed by atoms with E-state index in [2.05, 4.69) is 10.9 Å². The Labute approximate surface area is 132 Å². The van der Waals surface area contributed by atoms with Crippen molar-refractivity contribution in [2.45, 2.75) is 0 Å². The van der Waals surface area contributed by atoms with Gasteiger partial charge in [-0.25, -0.2) is 0 Å². The van der Waals surface area contributed by atoms with Crippen molar-refractivity contribution >= 4 is 22.6 Å². The Bertz CT molecular complexity index is 890. The molecule has 114 valence electrons. The highest BCUT2D eigenvalue weighted by atomic mass is 16.3. The molecule has 0 unspecified atom stereocenters. The lowest BCUT2D eigenvalue weighted by Gasteiger charge is -2.09. The van der Waals surface area contributed by atoms with Gasteiger partial charge in [0.1, 0.15) is 5.75 Å². The van der Waals surface area contributed by atoms with E-state index < -0.39 is 11.8 Å². The standard InChI is InChI=1S/C18H14N2O3/c21-16-8-4-3-7-15(16)18(23)20-19-17(22)14-10-9-12-5-1-2-6-13(12)11-14/h1-11,21H,(H,19,22)(H,20,23). The molecule has 3 aromatic carbocycles. The third-order valence-corrected chi connectivity index (χ3v) is 3.45. The van der Waals surface area contributed by atoms with Crippen LogP contribution < -0.4 is 10.9 Å². The summed E-state index contributed by atoms with van der Waals surface area (Å²) in [5.41, 5.74) is 5.15. The minimum atomic E-state index is -0.586. The van der Waals surface area contributed by atoms with Crippen molar-refractivity contribution in [3.05, 3.63) is 77.9 Å². The van der Waals surface area contributed by atoms with Crippen molar-refractivity contribution in [3.8, 4) is 5.75 Å². The number of carbonyl (C=O) groups is 2. The van der Waals surface area contributed by atoms with Crippen LogP contribution in [0.25, 0.3) is 10.8 Å². The second-order valence-corrected chi connectivity index (χ2v) is 4.99. The number of para-hydroxylation sites is 1. The van der Waals surface area contributed by atoms with E-state index in [1.807, 2.05) is 30.3 Å². The van der Waals surface area contributed by atoms with E-state index in [-0.39, 0.29) is 11.3 Å². The molecule has 5 heteroatoms. The molecule has 0 fully saturated rings. The van der Waals surface area contributed by atoms with Gasteiger partial charge in [-0.15, -0.1) is 0 Å². The first-order valence-electron chi connectivity index (χ1n) is 7.02. The Balaban J connectivity index is 1.71. The van der Waals surface area contributed by atoms with E-state index in [4.69, 9.17) is 0 Å². The number of hydrogen-bond donors (Lipinski definition) is 3. The molecule has 2 amide bonds. The summed E-state index contributed by atoms with van der Waals surface area (Å²) in [6.45, 7) is 0. The fraction of sp³-hybridized carbons (Fsp3) is 0. The maximum absolute atomic E-state index is 12.1. The van der Waals surface area contributed by atoms with E-state index in [9.17, 15) is 14.7 Å². The van der Waals surface area contributed by atoms with Crippen LogP contribution in [0.3, 0.4) is 0 Å². The molecule has 0 aliphatic carbocycles. The molecule has 0 bridgehead atoms. The second-order valence-electron chi connectivity index (χ2n) is 4.99. The van der Waals surface area contributed by atoms with Crippen LogP contribution in [0.2, 0.25) is 0 Å². The number of fused-ring (bicyclic) bond motifs is 1. The number of amides is 2. The number of hydrogen-bond acceptors (Lipinski definition) is 3. The maximum Gasteiger partial charge on any atom is 0.273 e. The van der Waals surface area contributed by atoms with E-state index in [1.54, 1.807) is 24.3 Å². The summed E-state index contributed by atoms with van der Waals surface area (Å²) in [5.74, 6) is -1.17. The van der Waals surface area contributed by atoms with Crippen molar-refractivity contribution in [2.75, 3.05) is 0 Å². The van der Waals surface area contributed by atoms with E-state index in [0.717, 1.165) is 10.8 Å². The summed E-state index contributed by atoms with van der Waals surface area (Å²) in [4.78, 5) is 24.0. The van der Waals surface area contributed by atoms with E-state index >= 15 is 0 Å². The van der Waals surface area contributed by atoms with Crippen LogP contribution in [-0.4, -0.2) is 16.9 Å². The van der Waals surface area contributed by atoms with Gasteiger partial charge in [0.2, 0.25) is 0 Å². The van der Waals surface area contributed by atoms with Crippen molar-refractivity contribution in [1.29, 1.82) is 0 Å². The lowest BCUT2D eigenvalue weighted by Crippen LogP contribution is -2.41. The Hall–Kier alpha value is -3.34. The number of carbonyl (C=O) groups excluding carboxylic acids is 2. The van der Waals surface area contributed by atoms with Crippen LogP contribution in [0.4, 0.5) is 0 Å². The van der Waals surface area contributed by atoms with Crippen molar-refractivity contribution in [2.24, 2.45) is 0 Å². The van der Waals surface area contributed by atoms with Crippen LogP contribution >= 0.6 is 0 Å². The van der Waals surface area contributed by atoms with Crippen molar-refractivity contribution < 1.29 is 14.7 Å². The van der Waals surface area contributed by atoms with Crippen LogP contribution in [0, 0.1) is 0 Å². The largest absolute Gasteiger partial charge is 0.507 e. The van der Waals surface area contributed by atoms with E-state index in [1.165, 1.54) is 12.1 Å². The van der Waals surface area contributed by atoms with Gasteiger partial charge in [-0.1, -0.05) is 42.5 Å². The van der Waals surface area contributed by atoms with E-state index in [0.29, 0.717) is 5.56 Å². The number of hydrazine groups is 1. The zero-order valence-electron chi connectivity index (χ0n) is 12.1. The highest BCUT2D eigenvalue weighted by molar-refractivity contribution is 6.02. The molecule has 23 heavy (non-hydrogen) atoms. The fourth-order valence-electron chi connectivity index (χ4n) is 2.25. The van der Waals surface area contributed by atoms with Crippen LogP contribution in [-0.2, 0) is 0 Å². The SMILES string of the molecule is O=C(NNC(=O)c1ccccc1O)c1ccc2ccccc2c1. The quantitative estimate of drug-likeness (QED) is 0.637. The average molecular weight is 306 g/mol. The molecule has 5 nitrogen and oxygen atoms in total. The first-order valence-corrected chi connectivity index (χ1v) is 7.02. The number of phenols is 1. The molecule has 3 rings (SSSR count). The molecule has 0 atom stereocenters. The minimum absolute atomic E-state index is 0.0892. The third-order valence-electron chi connectivity index (χ3n) is 3.45. The molecule has 0 saturated heterocycles. The minimum Gasteiger partial charge on any atom is -0.507 e. The number of nitrogens with one attached hydrogen (secondary N) is 2. The Morgan fingerprint density at radius 2 is 1.39 bits per heavy atom. The Morgan fingerprint density at radius 3 is 2.17 bits per heavy atom. The molecule has 0 aromatic heterocycles. The predicted molar refractivity (Wildman–Crippen MR) is 87.0 cm³/mol. The molecular weight excluding hydrogens is 292 g/mol. The monoisotopic (exact) mass is 306 g/mol. The van der Waals surface area contributed by atoms with Crippen LogP contribution in [0.5, 0.6) is 5.75 Å². The molecule has 0 spiro atoms. The Kier molecular flexibility index (Phi) is 3.93. The molecule has 3 aromatic rings. The number of rotatable bonds is 2. The number of aromatic hydroxyl groups is 1. The summed E-state index contributed by atoms with van der Waals surface area (Å²) in [6, 6.07) is 19.1. The Morgan fingerprint density at radius 1 is 0.739 bits per heavy atom. The molecule has 3 N–H and O–H groups in total. The number of phenolic OH excluding ortho intramolecular Hbond substituents is 1. The first-order chi connectivity index (χ1) is 11.1. The van der Waals surface area contributed by atoms with Gasteiger partial charge in [0.25, 0.3) is 11.8 Å². The van der Waals surface area contributed by atoms with Gasteiger partial charge in [-0.3, -0.25) is 20.4 Å². The van der Waals surface area contributed by atoms with Gasteiger partial charge in [0.15, 0.2) is 0 Å². The average Bonchev–Trinajstić information content (AvgIpc) is 2.59. The van der Waals surface area contributed by atoms with Crippen LogP contribution in [0.15, 0.2) is 66.7 Å². The first kappa shape index (κ1) is 14.6. The summed E-state index contributed by atoms with van der Waals surface area (Å²) in [5, 5.41) is 11.6. The summed E-state index contributed by atoms with van der Waals surface area (Å²) >= 11 is 0. The zero-order valence-corrected chi connectivity index (χ0v) is 12.1. The summed E-state index contributed by atoms with van der Waals surface area (Å²) < 4.78 is 0. The third kappa shape index (κ3) is 3.13. The number of benzene rings is 3. The highest BCUT2D eigenvalue weighted by Crippen LogP contribution is 2.16. The molecule has 0 saturated carbocycles. The van der Waals surface area contributed by atoms with Crippen molar-refractivity contribution in [1.82, 2.24) is 10.9 Å². The smallest absolute Gasteiger partial charge is 0.273 e. The predicted octanol–water partition coefficient (Wildman–Crippen LogP) is 2.62.